The van der Waals surface area contributed by atoms with Gasteiger partial charge in [0.05, 0.1) is 35.0 Å². The fraction of sp³-hybridized carbons (Fsp3) is 0.0448. The molecular weight excluding hydrogens is 1810 g/mol. The van der Waals surface area contributed by atoms with Gasteiger partial charge in [-0.05, 0) is 273 Å². The van der Waals surface area contributed by atoms with Crippen LogP contribution in [0, 0.1) is 27.7 Å². The molecule has 13 aromatic carbocycles. The minimum Gasteiger partial charge on any atom is -0.437 e. The van der Waals surface area contributed by atoms with E-state index in [-0.39, 0.29) is 0 Å². The van der Waals surface area contributed by atoms with E-state index in [1.165, 1.54) is 0 Å². The summed E-state index contributed by atoms with van der Waals surface area (Å²) < 4.78 is 26.1. The van der Waals surface area contributed by atoms with Gasteiger partial charge in [0.1, 0.15) is 22.3 Å². The topological polar surface area (TPSA) is 180 Å². The number of rotatable bonds is 18. The standard InChI is InChI=1S/C134H88N10O4/c1-79-44-58-115-111-36-18-35-110(127(111)145-131(115)141-79)87-53-52-86(72-135-73-87)99-24-6-12-30-105(99)93-68-96(71-97(69-93)109-34-16-10-28-103(109)91-57-65-126(140-78-91)121-42-21-39-114-118-61-47-82(4)144-134(118)148-130(114)121)107-32-14-8-26-101(107)89-55-63-123(137-76-89)84-50-48-83(49-51-84)122-62-54-88(75-136-122)100-25-7-13-31-106(100)94-66-92(104-29-11-5-23-98(104)85-22-17-43-124(138-74-85)119-40-19-37-112-116-59-45-80(2)142-132(116)146-128(112)119)67-95(70-94)108-33-15-9-27-102(108)90-56-64-125(139-77-90)120-41-20-38-113-117-60-46-81(3)143-133(117)147-129(113)120/h5-16,18-72,74-78H,17,73H2,1-4H3. The Balaban J connectivity index is 0.503. The van der Waals surface area contributed by atoms with Crippen molar-refractivity contribution in [2.24, 2.45) is 9.98 Å². The summed E-state index contributed by atoms with van der Waals surface area (Å²) >= 11 is 0. The first-order valence-electron chi connectivity index (χ1n) is 49.8. The molecule has 2 aliphatic heterocycles. The molecule has 148 heavy (non-hydrogen) atoms. The molecule has 14 heteroatoms. The highest BCUT2D eigenvalue weighted by molar-refractivity contribution is 6.18. The predicted molar refractivity (Wildman–Crippen MR) is 604 cm³/mol. The number of hydrogen-bond acceptors (Lipinski definition) is 14. The van der Waals surface area contributed by atoms with E-state index in [9.17, 15) is 0 Å². The van der Waals surface area contributed by atoms with Crippen LogP contribution in [0.25, 0.3) is 267 Å². The number of hydrogen-bond donors (Lipinski definition) is 0. The van der Waals surface area contributed by atoms with Gasteiger partial charge in [0, 0.05) is 164 Å². The van der Waals surface area contributed by atoms with E-state index in [1.54, 1.807) is 0 Å². The number of fused-ring (bicyclic) bond motifs is 12. The number of pyridine rings is 8. The van der Waals surface area contributed by atoms with Crippen LogP contribution in [0.2, 0.25) is 0 Å². The number of benzene rings is 13. The smallest absolute Gasteiger partial charge is 0.227 e. The highest BCUT2D eigenvalue weighted by atomic mass is 16.4. The van der Waals surface area contributed by atoms with Crippen molar-refractivity contribution in [1.29, 1.82) is 0 Å². The molecule has 0 bridgehead atoms. The molecule has 27 rings (SSSR count). The summed E-state index contributed by atoms with van der Waals surface area (Å²) in [5.74, 6) is 0. The van der Waals surface area contributed by atoms with Crippen LogP contribution < -0.4 is 0 Å². The van der Waals surface area contributed by atoms with E-state index in [4.69, 9.17) is 67.5 Å². The second kappa shape index (κ2) is 36.5. The van der Waals surface area contributed by atoms with Crippen LogP contribution in [0.5, 0.6) is 0 Å². The maximum atomic E-state index is 6.55. The molecule has 0 saturated carbocycles. The molecule has 698 valence electrons. The van der Waals surface area contributed by atoms with Crippen molar-refractivity contribution in [3.63, 3.8) is 0 Å². The van der Waals surface area contributed by atoms with Gasteiger partial charge in [-0.15, -0.1) is 0 Å². The molecule has 0 N–H and O–H groups in total. The number of allylic oxidation sites excluding steroid dienone is 6. The summed E-state index contributed by atoms with van der Waals surface area (Å²) in [7, 11) is 0. The third kappa shape index (κ3) is 15.9. The van der Waals surface area contributed by atoms with Crippen molar-refractivity contribution in [1.82, 2.24) is 39.9 Å². The summed E-state index contributed by atoms with van der Waals surface area (Å²) in [5, 5.41) is 7.98. The number of aryl methyl sites for hydroxylation is 4. The van der Waals surface area contributed by atoms with Gasteiger partial charge in [0.25, 0.3) is 0 Å². The average molecular weight is 1900 g/mol. The van der Waals surface area contributed by atoms with Crippen molar-refractivity contribution in [3.05, 3.63) is 470 Å². The molecule has 0 fully saturated rings. The Morgan fingerprint density at radius 3 is 0.838 bits per heavy atom. The van der Waals surface area contributed by atoms with E-state index in [0.29, 0.717) is 35.8 Å². The van der Waals surface area contributed by atoms with Gasteiger partial charge in [-0.25, -0.2) is 19.9 Å². The van der Waals surface area contributed by atoms with Crippen LogP contribution in [-0.4, -0.2) is 58.8 Å². The highest BCUT2D eigenvalue weighted by Gasteiger charge is 2.27. The van der Waals surface area contributed by atoms with Gasteiger partial charge in [0.2, 0.25) is 22.9 Å². The first-order chi connectivity index (χ1) is 72.9. The summed E-state index contributed by atoms with van der Waals surface area (Å²) in [5.41, 5.74) is 44.9. The Kier molecular flexibility index (Phi) is 21.6. The van der Waals surface area contributed by atoms with Crippen LogP contribution >= 0.6 is 0 Å². The fourth-order valence-corrected chi connectivity index (χ4v) is 21.5. The Labute approximate surface area is 852 Å². The Bertz CT molecular complexity index is 9940. The van der Waals surface area contributed by atoms with Crippen LogP contribution in [0.4, 0.5) is 0 Å². The largest absolute Gasteiger partial charge is 0.437 e. The summed E-state index contributed by atoms with van der Waals surface area (Å²) in [6, 6.07) is 133. The SMILES string of the molecule is Cc1ccc2c(n1)oc1c(C3=CC=C(c4ccccc4-c4cc(-c5ccccc5-c5ccc(-c6ccc(-c7ccc(-c8ccccc8-c8cc(-c9ccccc9C9=CCC=C(c%10cccc%11c%10oc%10nc(C)ccc%10%11)N=C9)cc(-c9ccccc9-c9ccc(-c%10cccc%11c%10oc%10nc(C)ccc%10%11)nc9)c8)cn7)cc6)nc5)cc(-c5ccccc5-c5ccc(-c6cccc7c6oc6nc(C)ccc67)nc5)c4)C=NC3)cccc12. The van der Waals surface area contributed by atoms with Crippen LogP contribution in [-0.2, 0) is 0 Å². The molecule has 25 aromatic rings. The molecule has 0 aliphatic carbocycles. The summed E-state index contributed by atoms with van der Waals surface area (Å²) in [6.45, 7) is 8.41. The van der Waals surface area contributed by atoms with E-state index in [2.05, 4.69) is 376 Å². The van der Waals surface area contributed by atoms with Crippen molar-refractivity contribution >= 4 is 123 Å². The van der Waals surface area contributed by atoms with E-state index >= 15 is 0 Å². The third-order valence-electron chi connectivity index (χ3n) is 28.8. The molecular formula is C134H88N10O4. The van der Waals surface area contributed by atoms with Crippen molar-refractivity contribution in [2.45, 2.75) is 34.1 Å². The van der Waals surface area contributed by atoms with E-state index in [0.717, 1.165) is 289 Å². The zero-order valence-electron chi connectivity index (χ0n) is 81.1. The highest BCUT2D eigenvalue weighted by Crippen LogP contribution is 2.49. The van der Waals surface area contributed by atoms with Gasteiger partial charge in [-0.2, -0.15) is 0 Å². The molecule has 2 aliphatic rings. The molecule has 0 radical (unpaired) electrons. The zero-order valence-corrected chi connectivity index (χ0v) is 81.1. The van der Waals surface area contributed by atoms with Gasteiger partial charge >= 0.3 is 0 Å². The first kappa shape index (κ1) is 87.6. The van der Waals surface area contributed by atoms with Crippen molar-refractivity contribution in [2.75, 3.05) is 6.54 Å². The monoisotopic (exact) mass is 1900 g/mol. The molecule has 0 atom stereocenters. The van der Waals surface area contributed by atoms with Crippen LogP contribution in [0.1, 0.15) is 51.5 Å². The van der Waals surface area contributed by atoms with Gasteiger partial charge in [-0.3, -0.25) is 29.9 Å². The summed E-state index contributed by atoms with van der Waals surface area (Å²) in [6.07, 6.45) is 21.5. The minimum absolute atomic E-state index is 0.468. The normalized spacial score (nSPS) is 12.8. The minimum atomic E-state index is 0.468. The second-order valence-electron chi connectivity index (χ2n) is 38.1. The van der Waals surface area contributed by atoms with Crippen LogP contribution in [0.15, 0.2) is 453 Å². The lowest BCUT2D eigenvalue weighted by Gasteiger charge is -2.18. The van der Waals surface area contributed by atoms with E-state index < -0.39 is 0 Å². The fourth-order valence-electron chi connectivity index (χ4n) is 21.5. The number of aliphatic imine (C=N–C) groups is 2. The van der Waals surface area contributed by atoms with E-state index in [1.807, 2.05) is 89.2 Å². The number of para-hydroxylation sites is 4. The maximum absolute atomic E-state index is 6.55. The molecule has 14 heterocycles. The number of aromatic nitrogens is 8. The number of furan rings is 4. The molecule has 0 saturated heterocycles. The molecule has 0 unspecified atom stereocenters. The van der Waals surface area contributed by atoms with Crippen LogP contribution in [0.3, 0.4) is 0 Å². The second-order valence-corrected chi connectivity index (χ2v) is 38.1. The number of nitrogens with zero attached hydrogens (tertiary/aromatic N) is 10. The predicted octanol–water partition coefficient (Wildman–Crippen LogP) is 34.5. The summed E-state index contributed by atoms with van der Waals surface area (Å²) in [4.78, 5) is 50.3. The molecule has 0 amide bonds. The maximum Gasteiger partial charge on any atom is 0.227 e. The van der Waals surface area contributed by atoms with Gasteiger partial charge in [0.15, 0.2) is 0 Å². The Hall–Kier alpha value is -19.4. The van der Waals surface area contributed by atoms with Gasteiger partial charge < -0.3 is 17.7 Å². The first-order valence-corrected chi connectivity index (χ1v) is 49.8. The Morgan fingerprint density at radius 1 is 0.209 bits per heavy atom. The lowest BCUT2D eigenvalue weighted by Crippen LogP contribution is -1.95. The zero-order chi connectivity index (χ0) is 98.6. The average Bonchev–Trinajstić information content (AvgIpc) is 1.54. The molecule has 14 nitrogen and oxygen atoms in total. The lowest BCUT2D eigenvalue weighted by molar-refractivity contribution is 0.651. The lowest BCUT2D eigenvalue weighted by atomic mass is 9.86. The van der Waals surface area contributed by atoms with Crippen molar-refractivity contribution < 1.29 is 17.7 Å². The molecule has 12 aromatic heterocycles. The van der Waals surface area contributed by atoms with Crippen molar-refractivity contribution in [3.8, 4) is 156 Å². The Morgan fingerprint density at radius 2 is 0.493 bits per heavy atom. The third-order valence-corrected chi connectivity index (χ3v) is 28.8. The quantitative estimate of drug-likeness (QED) is 0.0794. The molecule has 0 spiro atoms. The van der Waals surface area contributed by atoms with Gasteiger partial charge in [-0.1, -0.05) is 273 Å².